The summed E-state index contributed by atoms with van der Waals surface area (Å²) in [6.45, 7) is 0.105. The van der Waals surface area contributed by atoms with E-state index in [1.807, 2.05) is 0 Å². The highest BCUT2D eigenvalue weighted by Crippen LogP contribution is 2.37. The van der Waals surface area contributed by atoms with Gasteiger partial charge in [0.2, 0.25) is 12.6 Å². The molecular weight excluding hydrogens is 287 g/mol. The Morgan fingerprint density at radius 2 is 1.87 bits per heavy atom. The summed E-state index contributed by atoms with van der Waals surface area (Å²) in [5.41, 5.74) is 0.166. The lowest BCUT2D eigenvalue weighted by atomic mass is 10.1. The molecule has 0 bridgehead atoms. The average Bonchev–Trinajstić information content (AvgIpc) is 2.62. The van der Waals surface area contributed by atoms with E-state index in [0.717, 1.165) is 0 Å². The van der Waals surface area contributed by atoms with Crippen molar-refractivity contribution in [3.63, 3.8) is 0 Å². The third-order valence-electron chi connectivity index (χ3n) is 1.89. The van der Waals surface area contributed by atoms with Crippen LogP contribution in [-0.2, 0) is 4.79 Å². The minimum Gasteiger partial charge on any atom is -0.454 e. The number of rotatable bonds is 2. The number of benzene rings is 1. The fraction of sp³-hybridized carbons (Fsp3) is 0.111. The zero-order valence-corrected chi connectivity index (χ0v) is 9.59. The van der Waals surface area contributed by atoms with Gasteiger partial charge in [0.25, 0.3) is 5.24 Å². The molecule has 0 saturated carbocycles. The second-order valence-corrected chi connectivity index (χ2v) is 3.99. The van der Waals surface area contributed by atoms with E-state index in [1.165, 1.54) is 6.07 Å². The van der Waals surface area contributed by atoms with Crippen LogP contribution in [-0.4, -0.2) is 17.8 Å². The molecule has 78 valence electrons. The van der Waals surface area contributed by atoms with Gasteiger partial charge in [-0.25, -0.2) is 0 Å². The molecule has 0 amide bonds. The van der Waals surface area contributed by atoms with Gasteiger partial charge in [0, 0.05) is 10.0 Å². The van der Waals surface area contributed by atoms with E-state index in [1.54, 1.807) is 6.07 Å². The fourth-order valence-electron chi connectivity index (χ4n) is 1.20. The van der Waals surface area contributed by atoms with Crippen molar-refractivity contribution in [2.75, 3.05) is 6.79 Å². The van der Waals surface area contributed by atoms with Gasteiger partial charge < -0.3 is 9.47 Å². The summed E-state index contributed by atoms with van der Waals surface area (Å²) in [5.74, 6) is 0.182. The van der Waals surface area contributed by atoms with Crippen molar-refractivity contribution in [3.8, 4) is 11.5 Å². The minimum atomic E-state index is -1.03. The lowest BCUT2D eigenvalue weighted by molar-refractivity contribution is -0.108. The van der Waals surface area contributed by atoms with Crippen LogP contribution in [0.5, 0.6) is 11.5 Å². The third-order valence-corrected chi connectivity index (χ3v) is 2.71. The molecule has 4 nitrogen and oxygen atoms in total. The molecule has 0 saturated heterocycles. The highest BCUT2D eigenvalue weighted by atomic mass is 79.9. The first-order valence-corrected chi connectivity index (χ1v) is 5.10. The molecule has 1 aliphatic rings. The Bertz CT molecular complexity index is 458. The summed E-state index contributed by atoms with van der Waals surface area (Å²) >= 11 is 8.26. The molecule has 0 radical (unpaired) electrons. The van der Waals surface area contributed by atoms with Crippen molar-refractivity contribution in [1.82, 2.24) is 0 Å². The predicted octanol–water partition coefficient (Wildman–Crippen LogP) is 2.13. The first-order chi connectivity index (χ1) is 7.09. The van der Waals surface area contributed by atoms with Gasteiger partial charge in [-0.05, 0) is 39.7 Å². The van der Waals surface area contributed by atoms with Crippen molar-refractivity contribution in [1.29, 1.82) is 0 Å². The third kappa shape index (κ3) is 1.85. The van der Waals surface area contributed by atoms with E-state index in [4.69, 9.17) is 21.1 Å². The van der Waals surface area contributed by atoms with Crippen LogP contribution < -0.4 is 9.47 Å². The number of carbonyl (C=O) groups is 2. The Labute approximate surface area is 98.2 Å². The van der Waals surface area contributed by atoms with Crippen molar-refractivity contribution in [2.24, 2.45) is 0 Å². The van der Waals surface area contributed by atoms with Crippen molar-refractivity contribution >= 4 is 38.6 Å². The molecule has 0 spiro atoms. The Balaban J connectivity index is 2.49. The highest BCUT2D eigenvalue weighted by molar-refractivity contribution is 9.10. The summed E-state index contributed by atoms with van der Waals surface area (Å²) in [4.78, 5) is 22.1. The molecule has 0 aromatic heterocycles. The number of hydrogen-bond acceptors (Lipinski definition) is 4. The van der Waals surface area contributed by atoms with Gasteiger partial charge >= 0.3 is 0 Å². The largest absolute Gasteiger partial charge is 0.454 e. The maximum absolute atomic E-state index is 11.4. The molecule has 15 heavy (non-hydrogen) atoms. The summed E-state index contributed by atoms with van der Waals surface area (Å²) in [6, 6.07) is 2.99. The molecule has 1 aromatic rings. The van der Waals surface area contributed by atoms with Crippen molar-refractivity contribution in [3.05, 3.63) is 22.2 Å². The molecule has 1 aliphatic heterocycles. The second-order valence-electron chi connectivity index (χ2n) is 2.79. The molecule has 2 rings (SSSR count). The summed E-state index contributed by atoms with van der Waals surface area (Å²) < 4.78 is 10.6. The monoisotopic (exact) mass is 290 g/mol. The average molecular weight is 291 g/mol. The zero-order valence-electron chi connectivity index (χ0n) is 7.25. The SMILES string of the molecule is O=C(Cl)C(=O)c1cc2c(cc1Br)OCO2. The van der Waals surface area contributed by atoms with Gasteiger partial charge in [-0.1, -0.05) is 0 Å². The van der Waals surface area contributed by atoms with E-state index in [2.05, 4.69) is 15.9 Å². The number of Topliss-reactive ketones (excluding diaryl/α,β-unsaturated/α-hetero) is 1. The number of carbonyl (C=O) groups excluding carboxylic acids is 2. The first-order valence-electron chi connectivity index (χ1n) is 3.93. The molecule has 1 heterocycles. The van der Waals surface area contributed by atoms with Crippen LogP contribution in [0.1, 0.15) is 10.4 Å². The van der Waals surface area contributed by atoms with E-state index < -0.39 is 11.0 Å². The van der Waals surface area contributed by atoms with E-state index in [-0.39, 0.29) is 12.4 Å². The van der Waals surface area contributed by atoms with Crippen LogP contribution in [0.15, 0.2) is 16.6 Å². The first kappa shape index (κ1) is 10.4. The summed E-state index contributed by atoms with van der Waals surface area (Å²) in [6.07, 6.45) is 0. The molecule has 0 unspecified atom stereocenters. The standard InChI is InChI=1S/C9H4BrClO4/c10-5-2-7-6(14-3-15-7)1-4(5)8(12)9(11)13/h1-2H,3H2. The Kier molecular flexibility index (Phi) is 2.67. The quantitative estimate of drug-likeness (QED) is 0.476. The maximum Gasteiger partial charge on any atom is 0.293 e. The van der Waals surface area contributed by atoms with Crippen LogP contribution in [0, 0.1) is 0 Å². The van der Waals surface area contributed by atoms with Crippen LogP contribution in [0.25, 0.3) is 0 Å². The number of fused-ring (bicyclic) bond motifs is 1. The Morgan fingerprint density at radius 3 is 2.47 bits per heavy atom. The van der Waals surface area contributed by atoms with Crippen molar-refractivity contribution < 1.29 is 19.1 Å². The Hall–Kier alpha value is -1.07. The van der Waals surface area contributed by atoms with Gasteiger partial charge in [-0.3, -0.25) is 9.59 Å². The lowest BCUT2D eigenvalue weighted by Crippen LogP contribution is -2.08. The fourth-order valence-corrected chi connectivity index (χ4v) is 1.80. The maximum atomic E-state index is 11.4. The van der Waals surface area contributed by atoms with E-state index in [9.17, 15) is 9.59 Å². The lowest BCUT2D eigenvalue weighted by Gasteiger charge is -2.02. The number of halogens is 2. The summed E-state index contributed by atoms with van der Waals surface area (Å²) in [7, 11) is 0. The van der Waals surface area contributed by atoms with Gasteiger partial charge in [0.05, 0.1) is 0 Å². The van der Waals surface area contributed by atoms with Gasteiger partial charge in [0.1, 0.15) is 0 Å². The molecule has 0 fully saturated rings. The van der Waals surface area contributed by atoms with Gasteiger partial charge in [0.15, 0.2) is 11.5 Å². The van der Waals surface area contributed by atoms with E-state index >= 15 is 0 Å². The van der Waals surface area contributed by atoms with E-state index in [0.29, 0.717) is 16.0 Å². The molecule has 0 N–H and O–H groups in total. The van der Waals surface area contributed by atoms with Crippen LogP contribution in [0.3, 0.4) is 0 Å². The smallest absolute Gasteiger partial charge is 0.293 e. The van der Waals surface area contributed by atoms with Crippen LogP contribution >= 0.6 is 27.5 Å². The minimum absolute atomic E-state index is 0.105. The molecule has 0 atom stereocenters. The molecule has 0 aliphatic carbocycles. The topological polar surface area (TPSA) is 52.6 Å². The number of ether oxygens (including phenoxy) is 2. The highest BCUT2D eigenvalue weighted by Gasteiger charge is 2.22. The normalized spacial score (nSPS) is 12.7. The van der Waals surface area contributed by atoms with Crippen molar-refractivity contribution in [2.45, 2.75) is 0 Å². The molecular formula is C9H4BrClO4. The Morgan fingerprint density at radius 1 is 1.27 bits per heavy atom. The van der Waals surface area contributed by atoms with Crippen LogP contribution in [0.4, 0.5) is 0 Å². The predicted molar refractivity (Wildman–Crippen MR) is 55.5 cm³/mol. The molecule has 6 heteroatoms. The zero-order chi connectivity index (χ0) is 11.0. The van der Waals surface area contributed by atoms with Gasteiger partial charge in [-0.15, -0.1) is 0 Å². The second kappa shape index (κ2) is 3.83. The van der Waals surface area contributed by atoms with Crippen LogP contribution in [0.2, 0.25) is 0 Å². The van der Waals surface area contributed by atoms with Gasteiger partial charge in [-0.2, -0.15) is 0 Å². The molecule has 1 aromatic carbocycles. The summed E-state index contributed by atoms with van der Waals surface area (Å²) in [5, 5.41) is -1.03. The number of ketones is 1. The number of hydrogen-bond donors (Lipinski definition) is 0.